The molecule has 1 aliphatic heterocycles. The highest BCUT2D eigenvalue weighted by atomic mass is 16.5. The Morgan fingerprint density at radius 3 is 2.27 bits per heavy atom. The monoisotopic (exact) mass is 418 g/mol. The number of carbonyl (C=O) groups is 1. The van der Waals surface area contributed by atoms with Gasteiger partial charge in [0.25, 0.3) is 11.8 Å². The molecule has 10 heteroatoms. The van der Waals surface area contributed by atoms with Crippen LogP contribution in [0, 0.1) is 0 Å². The van der Waals surface area contributed by atoms with Gasteiger partial charge in [-0.15, -0.1) is 0 Å². The van der Waals surface area contributed by atoms with Crippen molar-refractivity contribution in [2.45, 2.75) is 18.9 Å². The fourth-order valence-corrected chi connectivity index (χ4v) is 3.27. The minimum atomic E-state index is -0.247. The number of rotatable bonds is 7. The van der Waals surface area contributed by atoms with Crippen LogP contribution in [0.1, 0.15) is 12.8 Å². The van der Waals surface area contributed by atoms with Crippen molar-refractivity contribution in [2.24, 2.45) is 0 Å². The largest absolute Gasteiger partial charge is 0.493 e. The molecular formula is C20H26N4O6. The minimum absolute atomic E-state index is 0.213. The highest BCUT2D eigenvalue weighted by Crippen LogP contribution is 2.40. The molecular weight excluding hydrogens is 392 g/mol. The van der Waals surface area contributed by atoms with Crippen LogP contribution in [0.15, 0.2) is 24.5 Å². The fourth-order valence-electron chi connectivity index (χ4n) is 3.27. The molecule has 0 saturated carbocycles. The molecule has 1 fully saturated rings. The van der Waals surface area contributed by atoms with Crippen LogP contribution in [0.3, 0.4) is 0 Å². The van der Waals surface area contributed by atoms with Crippen LogP contribution in [0.2, 0.25) is 0 Å². The van der Waals surface area contributed by atoms with Gasteiger partial charge in [0.05, 0.1) is 40.7 Å². The first-order chi connectivity index (χ1) is 14.6. The average Bonchev–Trinajstić information content (AvgIpc) is 2.78. The van der Waals surface area contributed by atoms with Gasteiger partial charge in [0.15, 0.2) is 11.5 Å². The van der Waals surface area contributed by atoms with Gasteiger partial charge in [0, 0.05) is 31.1 Å². The number of ether oxygens (including phenoxy) is 5. The molecule has 1 N–H and O–H groups in total. The maximum absolute atomic E-state index is 12.8. The van der Waals surface area contributed by atoms with Gasteiger partial charge in [-0.05, 0) is 12.8 Å². The predicted octanol–water partition coefficient (Wildman–Crippen LogP) is 2.59. The molecule has 1 unspecified atom stereocenters. The van der Waals surface area contributed by atoms with Gasteiger partial charge in [-0.25, -0.2) is 14.8 Å². The van der Waals surface area contributed by atoms with E-state index in [1.165, 1.54) is 40.8 Å². The van der Waals surface area contributed by atoms with Crippen LogP contribution < -0.4 is 29.0 Å². The lowest BCUT2D eigenvalue weighted by molar-refractivity contribution is 0.0988. The first-order valence-corrected chi connectivity index (χ1v) is 9.47. The summed E-state index contributed by atoms with van der Waals surface area (Å²) in [6, 6.07) is 3.12. The van der Waals surface area contributed by atoms with Crippen molar-refractivity contribution >= 4 is 11.7 Å². The number of nitrogens with zero attached hydrogens (tertiary/aromatic N) is 3. The standard InChI is InChI=1S/C20H26N4O6/c1-26-15-10-13(11-16(27-2)17(15)28-3)23-20(25)24-9-5-6-14(12-24)30-19-18(29-4)21-7-8-22-19/h7-8,10-11,14H,5-6,9,12H2,1-4H3,(H,23,25). The lowest BCUT2D eigenvalue weighted by Crippen LogP contribution is -2.46. The van der Waals surface area contributed by atoms with Gasteiger partial charge < -0.3 is 33.9 Å². The van der Waals surface area contributed by atoms with E-state index in [1.54, 1.807) is 17.0 Å². The van der Waals surface area contributed by atoms with Crippen LogP contribution in [-0.2, 0) is 0 Å². The van der Waals surface area contributed by atoms with E-state index < -0.39 is 0 Å². The van der Waals surface area contributed by atoms with Gasteiger partial charge in [0.2, 0.25) is 5.75 Å². The smallest absolute Gasteiger partial charge is 0.321 e. The molecule has 2 amide bonds. The van der Waals surface area contributed by atoms with Crippen LogP contribution in [0.5, 0.6) is 29.0 Å². The van der Waals surface area contributed by atoms with Crippen LogP contribution >= 0.6 is 0 Å². The molecule has 1 atom stereocenters. The number of nitrogens with one attached hydrogen (secondary N) is 1. The summed E-state index contributed by atoms with van der Waals surface area (Å²) in [6.07, 6.45) is 4.46. The summed E-state index contributed by atoms with van der Waals surface area (Å²) < 4.78 is 27.1. The summed E-state index contributed by atoms with van der Waals surface area (Å²) in [4.78, 5) is 22.8. The van der Waals surface area contributed by atoms with Gasteiger partial charge in [-0.2, -0.15) is 0 Å². The summed E-state index contributed by atoms with van der Waals surface area (Å²) in [5.74, 6) is 2.01. The summed E-state index contributed by atoms with van der Waals surface area (Å²) >= 11 is 0. The topological polar surface area (TPSA) is 104 Å². The molecule has 1 saturated heterocycles. The number of hydrogen-bond acceptors (Lipinski definition) is 8. The Hall–Kier alpha value is -3.43. The Morgan fingerprint density at radius 1 is 1.00 bits per heavy atom. The lowest BCUT2D eigenvalue weighted by Gasteiger charge is -2.32. The maximum atomic E-state index is 12.8. The zero-order chi connectivity index (χ0) is 21.5. The Bertz CT molecular complexity index is 853. The number of carbonyl (C=O) groups excluding carboxylic acids is 1. The molecule has 30 heavy (non-hydrogen) atoms. The number of likely N-dealkylation sites (tertiary alicyclic amines) is 1. The normalized spacial score (nSPS) is 15.9. The second-order valence-electron chi connectivity index (χ2n) is 6.54. The SMILES string of the molecule is COc1cc(NC(=O)N2CCCC(Oc3nccnc3OC)C2)cc(OC)c1OC. The van der Waals surface area contributed by atoms with Gasteiger partial charge >= 0.3 is 6.03 Å². The van der Waals surface area contributed by atoms with Gasteiger partial charge in [-0.1, -0.05) is 0 Å². The summed E-state index contributed by atoms with van der Waals surface area (Å²) in [5, 5.41) is 2.88. The van der Waals surface area contributed by atoms with E-state index >= 15 is 0 Å². The third kappa shape index (κ3) is 4.76. The van der Waals surface area contributed by atoms with Gasteiger partial charge in [0.1, 0.15) is 6.10 Å². The molecule has 1 aliphatic rings. The van der Waals surface area contributed by atoms with Crippen LogP contribution in [-0.4, -0.2) is 68.5 Å². The van der Waals surface area contributed by atoms with E-state index in [2.05, 4.69) is 15.3 Å². The molecule has 1 aromatic carbocycles. The Kier molecular flexibility index (Phi) is 6.99. The zero-order valence-electron chi connectivity index (χ0n) is 17.5. The Labute approximate surface area is 175 Å². The summed E-state index contributed by atoms with van der Waals surface area (Å²) in [6.45, 7) is 1.03. The molecule has 0 radical (unpaired) electrons. The van der Waals surface area contributed by atoms with Crippen molar-refractivity contribution in [2.75, 3.05) is 46.8 Å². The van der Waals surface area contributed by atoms with E-state index in [9.17, 15) is 4.79 Å². The number of hydrogen-bond donors (Lipinski definition) is 1. The lowest BCUT2D eigenvalue weighted by atomic mass is 10.1. The number of urea groups is 1. The molecule has 0 spiro atoms. The van der Waals surface area contributed by atoms with E-state index in [4.69, 9.17) is 23.7 Å². The molecule has 1 aromatic heterocycles. The minimum Gasteiger partial charge on any atom is -0.493 e. The average molecular weight is 418 g/mol. The van der Waals surface area contributed by atoms with Crippen molar-refractivity contribution in [3.63, 3.8) is 0 Å². The van der Waals surface area contributed by atoms with Crippen molar-refractivity contribution in [3.05, 3.63) is 24.5 Å². The fraction of sp³-hybridized carbons (Fsp3) is 0.450. The van der Waals surface area contributed by atoms with E-state index in [0.29, 0.717) is 47.8 Å². The summed E-state index contributed by atoms with van der Waals surface area (Å²) in [7, 11) is 6.08. The van der Waals surface area contributed by atoms with Crippen LogP contribution in [0.4, 0.5) is 10.5 Å². The third-order valence-electron chi connectivity index (χ3n) is 4.69. The molecule has 3 rings (SSSR count). The van der Waals surface area contributed by atoms with Crippen molar-refractivity contribution in [1.29, 1.82) is 0 Å². The number of anilines is 1. The number of piperidine rings is 1. The highest BCUT2D eigenvalue weighted by Gasteiger charge is 2.27. The quantitative estimate of drug-likeness (QED) is 0.732. The van der Waals surface area contributed by atoms with Crippen molar-refractivity contribution < 1.29 is 28.5 Å². The maximum Gasteiger partial charge on any atom is 0.321 e. The highest BCUT2D eigenvalue weighted by molar-refractivity contribution is 5.90. The summed E-state index contributed by atoms with van der Waals surface area (Å²) in [5.41, 5.74) is 0.535. The van der Waals surface area contributed by atoms with Crippen molar-refractivity contribution in [3.8, 4) is 29.0 Å². The molecule has 162 valence electrons. The van der Waals surface area contributed by atoms with E-state index in [-0.39, 0.29) is 12.1 Å². The van der Waals surface area contributed by atoms with Crippen LogP contribution in [0.25, 0.3) is 0 Å². The number of methoxy groups -OCH3 is 4. The number of aromatic nitrogens is 2. The Balaban J connectivity index is 1.68. The predicted molar refractivity (Wildman–Crippen MR) is 109 cm³/mol. The molecule has 0 aliphatic carbocycles. The second kappa shape index (κ2) is 9.86. The molecule has 10 nitrogen and oxygen atoms in total. The Morgan fingerprint density at radius 2 is 1.67 bits per heavy atom. The van der Waals surface area contributed by atoms with Gasteiger partial charge in [-0.3, -0.25) is 0 Å². The molecule has 0 bridgehead atoms. The third-order valence-corrected chi connectivity index (χ3v) is 4.69. The van der Waals surface area contributed by atoms with E-state index in [0.717, 1.165) is 12.8 Å². The first-order valence-electron chi connectivity index (χ1n) is 9.47. The first kappa shape index (κ1) is 21.3. The zero-order valence-corrected chi connectivity index (χ0v) is 17.5. The second-order valence-corrected chi connectivity index (χ2v) is 6.54. The van der Waals surface area contributed by atoms with E-state index in [1.807, 2.05) is 0 Å². The number of amides is 2. The molecule has 2 heterocycles. The molecule has 2 aromatic rings. The number of benzene rings is 1. The van der Waals surface area contributed by atoms with Crippen molar-refractivity contribution in [1.82, 2.24) is 14.9 Å².